The highest BCUT2D eigenvalue weighted by molar-refractivity contribution is 9.10. The van der Waals surface area contributed by atoms with Crippen LogP contribution in [-0.2, 0) is 4.79 Å². The summed E-state index contributed by atoms with van der Waals surface area (Å²) in [7, 11) is 0. The van der Waals surface area contributed by atoms with Crippen LogP contribution >= 0.6 is 15.9 Å². The number of hydrogen-bond donors (Lipinski definition) is 1. The number of aliphatic carboxylic acids is 1. The van der Waals surface area contributed by atoms with Crippen LogP contribution in [0.2, 0.25) is 0 Å². The lowest BCUT2D eigenvalue weighted by Gasteiger charge is -2.10. The standard InChI is InChI=1S/C16H12BrFO3/c1-10-2-3-11(4-5-16(19)20)6-15(10)21-14-8-12(17)7-13(18)9-14/h2-9H,1H3,(H,19,20)/b5-4+. The Morgan fingerprint density at radius 3 is 2.71 bits per heavy atom. The van der Waals surface area contributed by atoms with Crippen LogP contribution in [0.25, 0.3) is 6.08 Å². The second-order valence-electron chi connectivity index (χ2n) is 4.40. The molecule has 2 rings (SSSR count). The number of halogens is 2. The van der Waals surface area contributed by atoms with Gasteiger partial charge in [-0.3, -0.25) is 0 Å². The molecule has 108 valence electrons. The largest absolute Gasteiger partial charge is 0.478 e. The first-order valence-electron chi connectivity index (χ1n) is 6.09. The van der Waals surface area contributed by atoms with Gasteiger partial charge >= 0.3 is 5.97 Å². The molecule has 0 aliphatic carbocycles. The van der Waals surface area contributed by atoms with Crippen molar-refractivity contribution >= 4 is 28.0 Å². The molecule has 0 fully saturated rings. The van der Waals surface area contributed by atoms with Gasteiger partial charge in [-0.2, -0.15) is 0 Å². The number of rotatable bonds is 4. The second kappa shape index (κ2) is 6.54. The van der Waals surface area contributed by atoms with Crippen molar-refractivity contribution in [3.05, 3.63) is 63.9 Å². The maximum absolute atomic E-state index is 13.3. The summed E-state index contributed by atoms with van der Waals surface area (Å²) in [6.45, 7) is 1.86. The molecule has 0 radical (unpaired) electrons. The van der Waals surface area contributed by atoms with Gasteiger partial charge in [0.25, 0.3) is 0 Å². The van der Waals surface area contributed by atoms with Gasteiger partial charge in [0, 0.05) is 16.6 Å². The third kappa shape index (κ3) is 4.43. The number of aryl methyl sites for hydroxylation is 1. The van der Waals surface area contributed by atoms with E-state index < -0.39 is 11.8 Å². The van der Waals surface area contributed by atoms with Crippen LogP contribution in [0.1, 0.15) is 11.1 Å². The number of hydrogen-bond acceptors (Lipinski definition) is 2. The van der Waals surface area contributed by atoms with Gasteiger partial charge < -0.3 is 9.84 Å². The summed E-state index contributed by atoms with van der Waals surface area (Å²) in [5.41, 5.74) is 1.55. The van der Waals surface area contributed by atoms with Gasteiger partial charge in [0.2, 0.25) is 0 Å². The molecule has 0 amide bonds. The Hall–Kier alpha value is -2.14. The Kier molecular flexibility index (Phi) is 4.75. The first-order valence-corrected chi connectivity index (χ1v) is 6.89. The number of benzene rings is 2. The fraction of sp³-hybridized carbons (Fsp3) is 0.0625. The summed E-state index contributed by atoms with van der Waals surface area (Å²) in [6.07, 6.45) is 2.52. The Labute approximate surface area is 129 Å². The molecule has 21 heavy (non-hydrogen) atoms. The van der Waals surface area contributed by atoms with Gasteiger partial charge in [-0.25, -0.2) is 9.18 Å². The van der Waals surface area contributed by atoms with Crippen molar-refractivity contribution in [1.82, 2.24) is 0 Å². The molecule has 0 saturated heterocycles. The first kappa shape index (κ1) is 15.3. The van der Waals surface area contributed by atoms with Crippen LogP contribution in [0, 0.1) is 12.7 Å². The Morgan fingerprint density at radius 1 is 1.29 bits per heavy atom. The van der Waals surface area contributed by atoms with Crippen molar-refractivity contribution in [2.75, 3.05) is 0 Å². The summed E-state index contributed by atoms with van der Waals surface area (Å²) in [6, 6.07) is 9.57. The van der Waals surface area contributed by atoms with Crippen molar-refractivity contribution < 1.29 is 19.0 Å². The van der Waals surface area contributed by atoms with E-state index in [9.17, 15) is 9.18 Å². The Bertz CT molecular complexity index is 690. The van der Waals surface area contributed by atoms with E-state index in [0.29, 0.717) is 21.5 Å². The van der Waals surface area contributed by atoms with E-state index in [0.717, 1.165) is 11.6 Å². The fourth-order valence-electron chi connectivity index (χ4n) is 1.71. The SMILES string of the molecule is Cc1ccc(/C=C/C(=O)O)cc1Oc1cc(F)cc(Br)c1. The lowest BCUT2D eigenvalue weighted by molar-refractivity contribution is -0.131. The third-order valence-corrected chi connectivity index (χ3v) is 3.15. The van der Waals surface area contributed by atoms with E-state index in [1.165, 1.54) is 18.2 Å². The highest BCUT2D eigenvalue weighted by atomic mass is 79.9. The molecule has 0 spiro atoms. The van der Waals surface area contributed by atoms with Gasteiger partial charge in [0.05, 0.1) is 0 Å². The molecule has 0 aliphatic heterocycles. The monoisotopic (exact) mass is 350 g/mol. The van der Waals surface area contributed by atoms with Gasteiger partial charge in [0.1, 0.15) is 17.3 Å². The van der Waals surface area contributed by atoms with E-state index in [1.807, 2.05) is 13.0 Å². The lowest BCUT2D eigenvalue weighted by Crippen LogP contribution is -1.90. The molecular formula is C16H12BrFO3. The maximum Gasteiger partial charge on any atom is 0.328 e. The minimum atomic E-state index is -1.02. The van der Waals surface area contributed by atoms with Crippen LogP contribution < -0.4 is 4.74 Å². The Morgan fingerprint density at radius 2 is 2.05 bits per heavy atom. The van der Waals surface area contributed by atoms with Crippen molar-refractivity contribution in [3.8, 4) is 11.5 Å². The minimum absolute atomic E-state index is 0.365. The highest BCUT2D eigenvalue weighted by Crippen LogP contribution is 2.29. The predicted molar refractivity (Wildman–Crippen MR) is 82.0 cm³/mol. The predicted octanol–water partition coefficient (Wildman–Crippen LogP) is 4.79. The zero-order chi connectivity index (χ0) is 15.4. The summed E-state index contributed by atoms with van der Waals surface area (Å²) >= 11 is 3.20. The van der Waals surface area contributed by atoms with Crippen molar-refractivity contribution in [2.24, 2.45) is 0 Å². The van der Waals surface area contributed by atoms with E-state index in [-0.39, 0.29) is 0 Å². The number of ether oxygens (including phenoxy) is 1. The summed E-state index contributed by atoms with van der Waals surface area (Å²) in [5.74, 6) is -0.518. The quantitative estimate of drug-likeness (QED) is 0.806. The maximum atomic E-state index is 13.3. The van der Waals surface area contributed by atoms with Gasteiger partial charge in [0.15, 0.2) is 0 Å². The van der Waals surface area contributed by atoms with Crippen LogP contribution in [0.3, 0.4) is 0 Å². The average Bonchev–Trinajstić information content (AvgIpc) is 2.38. The number of carboxylic acids is 1. The molecule has 2 aromatic rings. The molecule has 0 bridgehead atoms. The minimum Gasteiger partial charge on any atom is -0.478 e. The zero-order valence-corrected chi connectivity index (χ0v) is 12.7. The van der Waals surface area contributed by atoms with Crippen LogP contribution in [0.5, 0.6) is 11.5 Å². The molecule has 0 saturated carbocycles. The summed E-state index contributed by atoms with van der Waals surface area (Å²) in [4.78, 5) is 10.5. The normalized spacial score (nSPS) is 10.8. The smallest absolute Gasteiger partial charge is 0.328 e. The van der Waals surface area contributed by atoms with Crippen LogP contribution in [0.4, 0.5) is 4.39 Å². The molecule has 0 atom stereocenters. The molecule has 0 aromatic heterocycles. The van der Waals surface area contributed by atoms with E-state index in [1.54, 1.807) is 18.2 Å². The summed E-state index contributed by atoms with van der Waals surface area (Å²) < 4.78 is 19.6. The molecule has 5 heteroatoms. The van der Waals surface area contributed by atoms with Crippen LogP contribution in [0.15, 0.2) is 46.9 Å². The Balaban J connectivity index is 2.30. The molecule has 0 heterocycles. The van der Waals surface area contributed by atoms with E-state index >= 15 is 0 Å². The molecule has 0 aliphatic rings. The molecule has 1 N–H and O–H groups in total. The molecule has 2 aromatic carbocycles. The van der Waals surface area contributed by atoms with Crippen molar-refractivity contribution in [1.29, 1.82) is 0 Å². The molecule has 3 nitrogen and oxygen atoms in total. The third-order valence-electron chi connectivity index (χ3n) is 2.69. The van der Waals surface area contributed by atoms with Crippen LogP contribution in [-0.4, -0.2) is 11.1 Å². The zero-order valence-electron chi connectivity index (χ0n) is 11.1. The number of carboxylic acid groups (broad SMARTS) is 1. The molecular weight excluding hydrogens is 339 g/mol. The van der Waals surface area contributed by atoms with E-state index in [2.05, 4.69) is 15.9 Å². The topological polar surface area (TPSA) is 46.5 Å². The van der Waals surface area contributed by atoms with Gasteiger partial charge in [-0.05, 0) is 42.3 Å². The highest BCUT2D eigenvalue weighted by Gasteiger charge is 2.05. The first-order chi connectivity index (χ1) is 9.94. The van der Waals surface area contributed by atoms with Gasteiger partial charge in [-0.1, -0.05) is 28.1 Å². The lowest BCUT2D eigenvalue weighted by atomic mass is 10.1. The van der Waals surface area contributed by atoms with Crippen molar-refractivity contribution in [2.45, 2.75) is 6.92 Å². The fourth-order valence-corrected chi connectivity index (χ4v) is 2.16. The van der Waals surface area contributed by atoms with Gasteiger partial charge in [-0.15, -0.1) is 0 Å². The second-order valence-corrected chi connectivity index (χ2v) is 5.32. The number of carbonyl (C=O) groups is 1. The van der Waals surface area contributed by atoms with E-state index in [4.69, 9.17) is 9.84 Å². The summed E-state index contributed by atoms with van der Waals surface area (Å²) in [5, 5.41) is 8.63. The average molecular weight is 351 g/mol. The molecule has 0 unspecified atom stereocenters. The van der Waals surface area contributed by atoms with Crippen molar-refractivity contribution in [3.63, 3.8) is 0 Å².